The van der Waals surface area contributed by atoms with Crippen molar-refractivity contribution in [3.63, 3.8) is 0 Å². The molecule has 1 aromatic carbocycles. The van der Waals surface area contributed by atoms with Crippen LogP contribution in [0.5, 0.6) is 5.75 Å². The van der Waals surface area contributed by atoms with Crippen LogP contribution >= 0.6 is 0 Å². The van der Waals surface area contributed by atoms with Crippen LogP contribution in [0.1, 0.15) is 24.4 Å². The first-order valence-corrected chi connectivity index (χ1v) is 5.56. The van der Waals surface area contributed by atoms with Crippen molar-refractivity contribution in [2.45, 2.75) is 19.9 Å². The fraction of sp³-hybridized carbons (Fsp3) is 0.333. The lowest BCUT2D eigenvalue weighted by molar-refractivity contribution is 0.413. The molecule has 0 saturated carbocycles. The lowest BCUT2D eigenvalue weighted by Crippen LogP contribution is -2.08. The Kier molecular flexibility index (Phi) is 3.29. The Morgan fingerprint density at radius 1 is 1.44 bits per heavy atom. The van der Waals surface area contributed by atoms with Crippen LogP contribution in [-0.4, -0.2) is 22.1 Å². The highest BCUT2D eigenvalue weighted by molar-refractivity contribution is 5.41. The van der Waals surface area contributed by atoms with E-state index in [2.05, 4.69) is 10.3 Å². The molecule has 0 aliphatic rings. The summed E-state index contributed by atoms with van der Waals surface area (Å²) < 4.78 is 20.3. The number of ether oxygens (including phenoxy) is 1. The second kappa shape index (κ2) is 4.73. The van der Waals surface area contributed by atoms with Crippen LogP contribution in [0.15, 0.2) is 18.2 Å². The summed E-state index contributed by atoms with van der Waals surface area (Å²) in [5, 5.41) is 7.90. The Balaban J connectivity index is 2.55. The molecule has 6 heteroatoms. The fourth-order valence-corrected chi connectivity index (χ4v) is 1.77. The molecule has 5 nitrogen and oxygen atoms in total. The fourth-order valence-electron chi connectivity index (χ4n) is 1.77. The van der Waals surface area contributed by atoms with Crippen LogP contribution in [0, 0.1) is 12.7 Å². The van der Waals surface area contributed by atoms with Crippen molar-refractivity contribution in [1.82, 2.24) is 15.0 Å². The van der Waals surface area contributed by atoms with Crippen molar-refractivity contribution in [1.29, 1.82) is 0 Å². The molecule has 2 aromatic rings. The largest absolute Gasteiger partial charge is 0.497 e. The first-order valence-electron chi connectivity index (χ1n) is 5.56. The standard InChI is InChI=1S/C12H15FN4O/c1-7(14)12-8(2)17(16-15-12)11-6-9(18-3)4-5-10(11)13/h4-7H,14H2,1-3H3. The van der Waals surface area contributed by atoms with Gasteiger partial charge >= 0.3 is 0 Å². The minimum absolute atomic E-state index is 0.243. The lowest BCUT2D eigenvalue weighted by Gasteiger charge is -2.08. The Morgan fingerprint density at radius 2 is 2.17 bits per heavy atom. The van der Waals surface area contributed by atoms with Crippen molar-refractivity contribution in [3.8, 4) is 11.4 Å². The molecule has 18 heavy (non-hydrogen) atoms. The minimum Gasteiger partial charge on any atom is -0.497 e. The number of hydrogen-bond acceptors (Lipinski definition) is 4. The summed E-state index contributed by atoms with van der Waals surface area (Å²) in [6.45, 7) is 3.61. The summed E-state index contributed by atoms with van der Waals surface area (Å²) in [5.74, 6) is 0.170. The maximum atomic E-state index is 13.8. The predicted octanol–water partition coefficient (Wildman–Crippen LogP) is 1.74. The van der Waals surface area contributed by atoms with Gasteiger partial charge in [0, 0.05) is 12.1 Å². The summed E-state index contributed by atoms with van der Waals surface area (Å²) in [6.07, 6.45) is 0. The average Bonchev–Trinajstić information content (AvgIpc) is 2.72. The number of halogens is 1. The predicted molar refractivity (Wildman–Crippen MR) is 65.2 cm³/mol. The van der Waals surface area contributed by atoms with Gasteiger partial charge in [-0.05, 0) is 26.0 Å². The van der Waals surface area contributed by atoms with E-state index in [1.165, 1.54) is 17.9 Å². The highest BCUT2D eigenvalue weighted by Gasteiger charge is 2.16. The van der Waals surface area contributed by atoms with Gasteiger partial charge < -0.3 is 10.5 Å². The van der Waals surface area contributed by atoms with E-state index in [1.807, 2.05) is 6.92 Å². The Bertz CT molecular complexity index is 565. The third kappa shape index (κ3) is 2.06. The van der Waals surface area contributed by atoms with Gasteiger partial charge in [-0.25, -0.2) is 9.07 Å². The van der Waals surface area contributed by atoms with Crippen LogP contribution in [-0.2, 0) is 0 Å². The third-order valence-corrected chi connectivity index (χ3v) is 2.74. The Hall–Kier alpha value is -1.95. The highest BCUT2D eigenvalue weighted by Crippen LogP contribution is 2.22. The van der Waals surface area contributed by atoms with Crippen molar-refractivity contribution >= 4 is 0 Å². The van der Waals surface area contributed by atoms with Gasteiger partial charge in [0.1, 0.15) is 22.9 Å². The molecule has 2 N–H and O–H groups in total. The molecule has 0 aliphatic carbocycles. The maximum Gasteiger partial charge on any atom is 0.149 e. The molecule has 0 amide bonds. The SMILES string of the molecule is COc1ccc(F)c(-n2nnc(C(C)N)c2C)c1. The summed E-state index contributed by atoms with van der Waals surface area (Å²) in [6, 6.07) is 4.22. The number of methoxy groups -OCH3 is 1. The van der Waals surface area contributed by atoms with E-state index in [9.17, 15) is 4.39 Å². The molecular formula is C12H15FN4O. The normalized spacial score (nSPS) is 12.5. The van der Waals surface area contributed by atoms with Crippen molar-refractivity contribution in [3.05, 3.63) is 35.4 Å². The number of nitrogens with zero attached hydrogens (tertiary/aromatic N) is 3. The first kappa shape index (κ1) is 12.5. The number of aromatic nitrogens is 3. The van der Waals surface area contributed by atoms with Gasteiger partial charge in [0.25, 0.3) is 0 Å². The average molecular weight is 250 g/mol. The molecule has 0 radical (unpaired) electrons. The van der Waals surface area contributed by atoms with E-state index < -0.39 is 0 Å². The van der Waals surface area contributed by atoms with E-state index >= 15 is 0 Å². The van der Waals surface area contributed by atoms with Crippen LogP contribution < -0.4 is 10.5 Å². The molecule has 1 unspecified atom stereocenters. The van der Waals surface area contributed by atoms with Crippen LogP contribution in [0.25, 0.3) is 5.69 Å². The van der Waals surface area contributed by atoms with Gasteiger partial charge in [-0.1, -0.05) is 5.21 Å². The number of benzene rings is 1. The summed E-state index contributed by atoms with van der Waals surface area (Å²) in [7, 11) is 1.53. The first-order chi connectivity index (χ1) is 8.54. The Labute approximate surface area is 104 Å². The van der Waals surface area contributed by atoms with E-state index in [0.29, 0.717) is 17.1 Å². The molecule has 0 spiro atoms. The number of rotatable bonds is 3. The molecule has 96 valence electrons. The smallest absolute Gasteiger partial charge is 0.149 e. The van der Waals surface area contributed by atoms with E-state index in [0.717, 1.165) is 5.69 Å². The molecule has 0 fully saturated rings. The van der Waals surface area contributed by atoms with Crippen molar-refractivity contribution in [2.24, 2.45) is 5.73 Å². The highest BCUT2D eigenvalue weighted by atomic mass is 19.1. The summed E-state index contributed by atoms with van der Waals surface area (Å²) in [5.41, 5.74) is 7.43. The number of hydrogen-bond donors (Lipinski definition) is 1. The van der Waals surface area contributed by atoms with E-state index in [4.69, 9.17) is 10.5 Å². The monoisotopic (exact) mass is 250 g/mol. The topological polar surface area (TPSA) is 66.0 Å². The number of nitrogens with two attached hydrogens (primary N) is 1. The minimum atomic E-state index is -0.389. The second-order valence-electron chi connectivity index (χ2n) is 4.08. The zero-order valence-electron chi connectivity index (χ0n) is 10.5. The van der Waals surface area contributed by atoms with Crippen molar-refractivity contribution in [2.75, 3.05) is 7.11 Å². The molecule has 1 aromatic heterocycles. The quantitative estimate of drug-likeness (QED) is 0.901. The lowest BCUT2D eigenvalue weighted by atomic mass is 10.2. The van der Waals surface area contributed by atoms with Gasteiger partial charge in [0.15, 0.2) is 0 Å². The molecule has 2 rings (SSSR count). The van der Waals surface area contributed by atoms with Crippen molar-refractivity contribution < 1.29 is 9.13 Å². The van der Waals surface area contributed by atoms with Gasteiger partial charge in [-0.15, -0.1) is 5.10 Å². The maximum absolute atomic E-state index is 13.8. The zero-order valence-corrected chi connectivity index (χ0v) is 10.5. The van der Waals surface area contributed by atoms with Crippen LogP contribution in [0.3, 0.4) is 0 Å². The molecule has 1 heterocycles. The van der Waals surface area contributed by atoms with E-state index in [1.54, 1.807) is 19.1 Å². The van der Waals surface area contributed by atoms with Crippen LogP contribution in [0.4, 0.5) is 4.39 Å². The molecule has 0 bridgehead atoms. The van der Waals surface area contributed by atoms with Gasteiger partial charge in [0.05, 0.1) is 12.8 Å². The Morgan fingerprint density at radius 3 is 2.72 bits per heavy atom. The van der Waals surface area contributed by atoms with E-state index in [-0.39, 0.29) is 11.9 Å². The van der Waals surface area contributed by atoms with Gasteiger partial charge in [-0.2, -0.15) is 0 Å². The van der Waals surface area contributed by atoms with Crippen LogP contribution in [0.2, 0.25) is 0 Å². The van der Waals surface area contributed by atoms with Gasteiger partial charge in [-0.3, -0.25) is 0 Å². The summed E-state index contributed by atoms with van der Waals surface area (Å²) in [4.78, 5) is 0. The molecule has 0 aliphatic heterocycles. The van der Waals surface area contributed by atoms with Gasteiger partial charge in [0.2, 0.25) is 0 Å². The third-order valence-electron chi connectivity index (χ3n) is 2.74. The second-order valence-corrected chi connectivity index (χ2v) is 4.08. The molecule has 1 atom stereocenters. The summed E-state index contributed by atoms with van der Waals surface area (Å²) >= 11 is 0. The molecule has 0 saturated heterocycles. The zero-order chi connectivity index (χ0) is 13.3. The molecular weight excluding hydrogens is 235 g/mol.